The number of nitrogens with zero attached hydrogens (tertiary/aromatic N) is 2. The zero-order valence-electron chi connectivity index (χ0n) is 13.5. The van der Waals surface area contributed by atoms with Gasteiger partial charge in [-0.05, 0) is 19.4 Å². The van der Waals surface area contributed by atoms with Crippen LogP contribution in [0.3, 0.4) is 0 Å². The summed E-state index contributed by atoms with van der Waals surface area (Å²) in [6.45, 7) is 4.70. The molecule has 6 nitrogen and oxygen atoms in total. The first-order valence-corrected chi connectivity index (χ1v) is 8.48. The molecule has 7 heteroatoms. The summed E-state index contributed by atoms with van der Waals surface area (Å²) in [5.74, 6) is -0.200. The molecular weight excluding hydrogens is 328 g/mol. The lowest BCUT2D eigenvalue weighted by Gasteiger charge is -2.45. The van der Waals surface area contributed by atoms with E-state index in [1.807, 2.05) is 44.2 Å². The number of benzene rings is 1. The standard InChI is InChI=1S/C17H18N2O4S/c1-17(2)11-23-14(12-6-4-3-5-7-12)9-18(17)16(20)13-8-15(19(21)22)24-10-13/h3-8,10,14H,9,11H2,1-2H3. The van der Waals surface area contributed by atoms with E-state index in [0.717, 1.165) is 16.9 Å². The Morgan fingerprint density at radius 1 is 1.38 bits per heavy atom. The van der Waals surface area contributed by atoms with E-state index in [4.69, 9.17) is 4.74 Å². The van der Waals surface area contributed by atoms with Crippen molar-refractivity contribution >= 4 is 22.2 Å². The van der Waals surface area contributed by atoms with E-state index in [2.05, 4.69) is 0 Å². The summed E-state index contributed by atoms with van der Waals surface area (Å²) in [6, 6.07) is 11.1. The van der Waals surface area contributed by atoms with E-state index in [9.17, 15) is 14.9 Å². The number of hydrogen-bond acceptors (Lipinski definition) is 5. The molecule has 1 aromatic carbocycles. The summed E-state index contributed by atoms with van der Waals surface area (Å²) in [5, 5.41) is 12.4. The predicted octanol–water partition coefficient (Wildman–Crippen LogP) is 3.65. The summed E-state index contributed by atoms with van der Waals surface area (Å²) in [6.07, 6.45) is -0.197. The number of carbonyl (C=O) groups excluding carboxylic acids is 1. The fraction of sp³-hybridized carbons (Fsp3) is 0.353. The first-order valence-electron chi connectivity index (χ1n) is 7.60. The van der Waals surface area contributed by atoms with E-state index in [-0.39, 0.29) is 17.0 Å². The molecule has 0 radical (unpaired) electrons. The maximum Gasteiger partial charge on any atom is 0.324 e. The fourth-order valence-corrected chi connectivity index (χ4v) is 3.46. The van der Waals surface area contributed by atoms with Gasteiger partial charge in [-0.3, -0.25) is 14.9 Å². The van der Waals surface area contributed by atoms with E-state index >= 15 is 0 Å². The molecule has 0 N–H and O–H groups in total. The van der Waals surface area contributed by atoms with Crippen LogP contribution in [0.4, 0.5) is 5.00 Å². The number of morpholine rings is 1. The highest BCUT2D eigenvalue weighted by Gasteiger charge is 2.39. The monoisotopic (exact) mass is 346 g/mol. The van der Waals surface area contributed by atoms with Crippen molar-refractivity contribution in [2.75, 3.05) is 13.2 Å². The minimum Gasteiger partial charge on any atom is -0.369 e. The molecule has 1 atom stereocenters. The molecule has 0 saturated carbocycles. The zero-order valence-corrected chi connectivity index (χ0v) is 14.3. The van der Waals surface area contributed by atoms with Gasteiger partial charge in [0.25, 0.3) is 5.91 Å². The highest BCUT2D eigenvalue weighted by Crippen LogP contribution is 2.33. The summed E-state index contributed by atoms with van der Waals surface area (Å²) in [7, 11) is 0. The number of hydrogen-bond donors (Lipinski definition) is 0. The average Bonchev–Trinajstić information content (AvgIpc) is 3.05. The largest absolute Gasteiger partial charge is 0.369 e. The van der Waals surface area contributed by atoms with E-state index in [0.29, 0.717) is 18.7 Å². The third kappa shape index (κ3) is 3.18. The molecule has 0 spiro atoms. The van der Waals surface area contributed by atoms with Crippen LogP contribution in [0, 0.1) is 10.1 Å². The second-order valence-electron chi connectivity index (χ2n) is 6.37. The van der Waals surface area contributed by atoms with Crippen LogP contribution in [0.15, 0.2) is 41.8 Å². The fourth-order valence-electron chi connectivity index (χ4n) is 2.76. The minimum atomic E-state index is -0.474. The van der Waals surface area contributed by atoms with Gasteiger partial charge >= 0.3 is 5.00 Å². The molecule has 1 fully saturated rings. The summed E-state index contributed by atoms with van der Waals surface area (Å²) < 4.78 is 5.94. The van der Waals surface area contributed by atoms with Crippen LogP contribution in [0.1, 0.15) is 35.9 Å². The molecule has 1 amide bonds. The molecule has 126 valence electrons. The Morgan fingerprint density at radius 2 is 2.08 bits per heavy atom. The molecule has 24 heavy (non-hydrogen) atoms. The Bertz CT molecular complexity index is 757. The molecule has 2 aromatic rings. The number of rotatable bonds is 3. The molecule has 0 bridgehead atoms. The summed E-state index contributed by atoms with van der Waals surface area (Å²) in [4.78, 5) is 25.0. The highest BCUT2D eigenvalue weighted by molar-refractivity contribution is 7.13. The van der Waals surface area contributed by atoms with Crippen LogP contribution in [0.25, 0.3) is 0 Å². The Balaban J connectivity index is 1.85. The van der Waals surface area contributed by atoms with Gasteiger partial charge in [-0.15, -0.1) is 0 Å². The summed E-state index contributed by atoms with van der Waals surface area (Å²) in [5.41, 5.74) is 0.898. The molecule has 1 aliphatic heterocycles. The third-order valence-corrected chi connectivity index (χ3v) is 5.03. The maximum absolute atomic E-state index is 12.9. The van der Waals surface area contributed by atoms with Crippen molar-refractivity contribution in [3.63, 3.8) is 0 Å². The molecule has 1 saturated heterocycles. The van der Waals surface area contributed by atoms with Crippen LogP contribution in [0.2, 0.25) is 0 Å². The predicted molar refractivity (Wildman–Crippen MR) is 91.2 cm³/mol. The second kappa shape index (κ2) is 6.33. The zero-order chi connectivity index (χ0) is 17.3. The molecule has 3 rings (SSSR count). The smallest absolute Gasteiger partial charge is 0.324 e. The first-order chi connectivity index (χ1) is 11.4. The minimum absolute atomic E-state index is 0.0241. The van der Waals surface area contributed by atoms with Crippen molar-refractivity contribution in [2.24, 2.45) is 0 Å². The van der Waals surface area contributed by atoms with Crippen molar-refractivity contribution in [3.8, 4) is 0 Å². The SMILES string of the molecule is CC1(C)COC(c2ccccc2)CN1C(=O)c1csc([N+](=O)[O-])c1. The van der Waals surface area contributed by atoms with E-state index in [1.54, 1.807) is 10.3 Å². The lowest BCUT2D eigenvalue weighted by Crippen LogP contribution is -2.56. The molecule has 1 unspecified atom stereocenters. The van der Waals surface area contributed by atoms with Gasteiger partial charge in [0.15, 0.2) is 0 Å². The van der Waals surface area contributed by atoms with Gasteiger partial charge in [0, 0.05) is 11.4 Å². The lowest BCUT2D eigenvalue weighted by molar-refractivity contribution is -0.380. The van der Waals surface area contributed by atoms with Gasteiger partial charge in [-0.1, -0.05) is 41.7 Å². The van der Waals surface area contributed by atoms with Gasteiger partial charge in [0.1, 0.15) is 6.10 Å². The van der Waals surface area contributed by atoms with Gasteiger partial charge in [-0.2, -0.15) is 0 Å². The quantitative estimate of drug-likeness (QED) is 0.628. The molecule has 1 aromatic heterocycles. The highest BCUT2D eigenvalue weighted by atomic mass is 32.1. The van der Waals surface area contributed by atoms with Crippen molar-refractivity contribution in [1.29, 1.82) is 0 Å². The Hall–Kier alpha value is -2.25. The normalized spacial score (nSPS) is 19.9. The van der Waals surface area contributed by atoms with Crippen LogP contribution in [0.5, 0.6) is 0 Å². The van der Waals surface area contributed by atoms with Gasteiger partial charge in [0.2, 0.25) is 0 Å². The first kappa shape index (κ1) is 16.6. The van der Waals surface area contributed by atoms with Crippen LogP contribution >= 0.6 is 11.3 Å². The Kier molecular flexibility index (Phi) is 4.38. The Morgan fingerprint density at radius 3 is 2.71 bits per heavy atom. The number of amides is 1. The van der Waals surface area contributed by atoms with E-state index in [1.165, 1.54) is 6.07 Å². The molecule has 0 aliphatic carbocycles. The van der Waals surface area contributed by atoms with Crippen LogP contribution in [-0.4, -0.2) is 34.4 Å². The van der Waals surface area contributed by atoms with Crippen molar-refractivity contribution in [2.45, 2.75) is 25.5 Å². The second-order valence-corrected chi connectivity index (χ2v) is 7.26. The number of thiophene rings is 1. The van der Waals surface area contributed by atoms with Crippen molar-refractivity contribution in [1.82, 2.24) is 4.90 Å². The molecule has 1 aliphatic rings. The Labute approximate surface area is 143 Å². The third-order valence-electron chi connectivity index (χ3n) is 4.15. The van der Waals surface area contributed by atoms with Crippen LogP contribution in [-0.2, 0) is 4.74 Å². The van der Waals surface area contributed by atoms with Crippen LogP contribution < -0.4 is 0 Å². The van der Waals surface area contributed by atoms with Gasteiger partial charge < -0.3 is 9.64 Å². The average molecular weight is 346 g/mol. The number of ether oxygens (including phenoxy) is 1. The topological polar surface area (TPSA) is 72.7 Å². The van der Waals surface area contributed by atoms with Gasteiger partial charge in [-0.25, -0.2) is 0 Å². The molecular formula is C17H18N2O4S. The molecule has 2 heterocycles. The lowest BCUT2D eigenvalue weighted by atomic mass is 9.97. The summed E-state index contributed by atoms with van der Waals surface area (Å²) >= 11 is 0.969. The van der Waals surface area contributed by atoms with Crippen molar-refractivity contribution < 1.29 is 14.5 Å². The maximum atomic E-state index is 12.9. The van der Waals surface area contributed by atoms with E-state index < -0.39 is 10.5 Å². The number of carbonyl (C=O) groups is 1. The number of nitro groups is 1. The van der Waals surface area contributed by atoms with Crippen molar-refractivity contribution in [3.05, 3.63) is 63.0 Å². The van der Waals surface area contributed by atoms with Gasteiger partial charge in [0.05, 0.1) is 29.2 Å².